The zero-order chi connectivity index (χ0) is 24.4. The van der Waals surface area contributed by atoms with Gasteiger partial charge in [0.15, 0.2) is 46.5 Å². The van der Waals surface area contributed by atoms with Crippen molar-refractivity contribution in [3.63, 3.8) is 0 Å². The third-order valence-corrected chi connectivity index (χ3v) is 3.77. The Morgan fingerprint density at radius 3 is 0.903 bits per heavy atom. The first-order chi connectivity index (χ1) is 13.8. The summed E-state index contributed by atoms with van der Waals surface area (Å²) < 4.78 is 215. The average Bonchev–Trinajstić information content (AvgIpc) is 2.64. The lowest BCUT2D eigenvalue weighted by Gasteiger charge is -2.28. The Morgan fingerprint density at radius 1 is 0.323 bits per heavy atom. The highest BCUT2D eigenvalue weighted by Gasteiger charge is 2.64. The molecule has 2 aromatic carbocycles. The molecule has 0 atom stereocenters. The number of hydrogen-bond acceptors (Lipinski definition) is 0. The van der Waals surface area contributed by atoms with E-state index >= 15 is 0 Å². The van der Waals surface area contributed by atoms with Gasteiger partial charge in [0.05, 0.1) is 11.1 Å². The summed E-state index contributed by atoms with van der Waals surface area (Å²) in [4.78, 5) is 0. The van der Waals surface area contributed by atoms with Crippen LogP contribution >= 0.6 is 0 Å². The fourth-order valence-corrected chi connectivity index (χ4v) is 2.37. The quantitative estimate of drug-likeness (QED) is 0.258. The van der Waals surface area contributed by atoms with Gasteiger partial charge in [-0.25, -0.2) is 39.5 Å². The molecule has 0 nitrogen and oxygen atoms in total. The molecular weight excluding hydrogens is 484 g/mol. The fraction of sp³-hybridized carbons (Fsp3) is 0.200. The highest BCUT2D eigenvalue weighted by Crippen LogP contribution is 2.52. The monoisotopic (exact) mass is 484 g/mol. The highest BCUT2D eigenvalue weighted by molar-refractivity contribution is 5.45. The predicted octanol–water partition coefficient (Wildman–Crippen LogP) is 6.73. The lowest BCUT2D eigenvalue weighted by Crippen LogP contribution is -2.39. The van der Waals surface area contributed by atoms with E-state index in [-0.39, 0.29) is 0 Å². The Kier molecular flexibility index (Phi) is 5.70. The minimum atomic E-state index is -7.11. The van der Waals surface area contributed by atoms with E-state index in [1.165, 1.54) is 0 Å². The second-order valence-corrected chi connectivity index (χ2v) is 5.60. The lowest BCUT2D eigenvalue weighted by molar-refractivity contribution is -0.291. The van der Waals surface area contributed by atoms with Crippen LogP contribution in [0.4, 0.5) is 70.2 Å². The van der Waals surface area contributed by atoms with Crippen molar-refractivity contribution in [2.45, 2.75) is 18.0 Å². The minimum absolute atomic E-state index is 3.10. The molecule has 2 aromatic rings. The van der Waals surface area contributed by atoms with E-state index in [1.807, 2.05) is 0 Å². The van der Waals surface area contributed by atoms with Gasteiger partial charge in [-0.1, -0.05) is 0 Å². The number of hydrogen-bond donors (Lipinski definition) is 0. The van der Waals surface area contributed by atoms with Crippen LogP contribution in [0.1, 0.15) is 16.7 Å². The molecule has 0 fully saturated rings. The molecule has 0 amide bonds. The summed E-state index contributed by atoms with van der Waals surface area (Å²) in [6, 6.07) is 0. The molecule has 16 heteroatoms. The maximum absolute atomic E-state index is 14.5. The van der Waals surface area contributed by atoms with Crippen molar-refractivity contribution < 1.29 is 70.2 Å². The molecule has 2 rings (SSSR count). The fourth-order valence-electron chi connectivity index (χ4n) is 2.37. The Hall–Kier alpha value is -2.68. The molecule has 0 aromatic heterocycles. The summed E-state index contributed by atoms with van der Waals surface area (Å²) in [6.45, 7) is 0. The van der Waals surface area contributed by atoms with Gasteiger partial charge < -0.3 is 0 Å². The van der Waals surface area contributed by atoms with Gasteiger partial charge in [-0.3, -0.25) is 0 Å². The molecule has 0 radical (unpaired) electrons. The standard InChI is InChI=1S/C15F16/c16-4-1(2(5(17)9(21)8(4)20)14(27,28)15(29,30)31)13(25,26)3-6(18)10(22)12(24)11(23)7(3)19. The van der Waals surface area contributed by atoms with Crippen molar-refractivity contribution in [2.24, 2.45) is 0 Å². The van der Waals surface area contributed by atoms with E-state index in [1.54, 1.807) is 0 Å². The maximum Gasteiger partial charge on any atom is 0.458 e. The summed E-state index contributed by atoms with van der Waals surface area (Å²) in [5, 5.41) is 0. The number of alkyl halides is 7. The molecule has 31 heavy (non-hydrogen) atoms. The predicted molar refractivity (Wildman–Crippen MR) is 65.5 cm³/mol. The molecule has 0 saturated carbocycles. The Labute approximate surface area is 158 Å². The minimum Gasteiger partial charge on any atom is -0.203 e. The first kappa shape index (κ1) is 24.6. The maximum atomic E-state index is 14.5. The zero-order valence-electron chi connectivity index (χ0n) is 13.5. The van der Waals surface area contributed by atoms with Gasteiger partial charge >= 0.3 is 18.0 Å². The molecule has 172 valence electrons. The largest absolute Gasteiger partial charge is 0.458 e. The third-order valence-electron chi connectivity index (χ3n) is 3.77. The molecule has 0 aliphatic heterocycles. The smallest absolute Gasteiger partial charge is 0.203 e. The van der Waals surface area contributed by atoms with E-state index in [9.17, 15) is 70.2 Å². The third kappa shape index (κ3) is 3.35. The topological polar surface area (TPSA) is 0 Å². The Balaban J connectivity index is 3.15. The Morgan fingerprint density at radius 2 is 0.581 bits per heavy atom. The van der Waals surface area contributed by atoms with Gasteiger partial charge in [-0.15, -0.1) is 0 Å². The summed E-state index contributed by atoms with van der Waals surface area (Å²) in [5.74, 6) is -44.4. The van der Waals surface area contributed by atoms with Crippen molar-refractivity contribution >= 4 is 0 Å². The van der Waals surface area contributed by atoms with Gasteiger partial charge in [-0.2, -0.15) is 30.7 Å². The van der Waals surface area contributed by atoms with Gasteiger partial charge in [0.1, 0.15) is 5.56 Å². The van der Waals surface area contributed by atoms with Crippen LogP contribution < -0.4 is 0 Å². The van der Waals surface area contributed by atoms with Crippen LogP contribution in [0.15, 0.2) is 0 Å². The molecule has 0 aliphatic carbocycles. The van der Waals surface area contributed by atoms with Crippen molar-refractivity contribution in [2.75, 3.05) is 0 Å². The van der Waals surface area contributed by atoms with Crippen LogP contribution in [0.5, 0.6) is 0 Å². The summed E-state index contributed by atoms with van der Waals surface area (Å²) in [6.07, 6.45) is -7.11. The summed E-state index contributed by atoms with van der Waals surface area (Å²) >= 11 is 0. The first-order valence-corrected chi connectivity index (χ1v) is 7.02. The number of benzene rings is 2. The van der Waals surface area contributed by atoms with Crippen LogP contribution in [0.2, 0.25) is 0 Å². The highest BCUT2D eigenvalue weighted by atomic mass is 19.4. The molecular formula is C15F16. The second kappa shape index (κ2) is 7.19. The van der Waals surface area contributed by atoms with Crippen LogP contribution in [0.3, 0.4) is 0 Å². The number of halogens is 16. The van der Waals surface area contributed by atoms with Gasteiger partial charge in [0, 0.05) is 0 Å². The SMILES string of the molecule is Fc1c(F)c(F)c(C(F)(F)c2c(F)c(F)c(F)c(F)c2C(F)(F)C(F)(F)F)c(F)c1F. The van der Waals surface area contributed by atoms with Crippen molar-refractivity contribution in [3.05, 3.63) is 69.0 Å². The van der Waals surface area contributed by atoms with Gasteiger partial charge in [-0.05, 0) is 0 Å². The average molecular weight is 484 g/mol. The van der Waals surface area contributed by atoms with E-state index in [0.29, 0.717) is 0 Å². The molecule has 0 spiro atoms. The van der Waals surface area contributed by atoms with E-state index in [0.717, 1.165) is 0 Å². The van der Waals surface area contributed by atoms with Crippen LogP contribution in [0, 0.1) is 52.4 Å². The van der Waals surface area contributed by atoms with Gasteiger partial charge in [0.25, 0.3) is 0 Å². The van der Waals surface area contributed by atoms with Gasteiger partial charge in [0.2, 0.25) is 5.82 Å². The molecule has 0 aliphatic rings. The number of rotatable bonds is 3. The van der Waals surface area contributed by atoms with E-state index in [4.69, 9.17) is 0 Å². The zero-order valence-corrected chi connectivity index (χ0v) is 13.5. The van der Waals surface area contributed by atoms with Crippen LogP contribution in [-0.2, 0) is 11.8 Å². The molecule has 0 unspecified atom stereocenters. The molecule has 0 saturated heterocycles. The summed E-state index contributed by atoms with van der Waals surface area (Å²) in [7, 11) is 0. The van der Waals surface area contributed by atoms with E-state index < -0.39 is 87.1 Å². The van der Waals surface area contributed by atoms with Crippen molar-refractivity contribution in [1.82, 2.24) is 0 Å². The van der Waals surface area contributed by atoms with Crippen LogP contribution in [-0.4, -0.2) is 6.18 Å². The first-order valence-electron chi connectivity index (χ1n) is 7.02. The lowest BCUT2D eigenvalue weighted by atomic mass is 9.90. The Bertz CT molecular complexity index is 1040. The summed E-state index contributed by atoms with van der Waals surface area (Å²) in [5.41, 5.74) is -11.4. The molecule has 0 N–H and O–H groups in total. The normalized spacial score (nSPS) is 13.2. The van der Waals surface area contributed by atoms with Crippen molar-refractivity contribution in [3.8, 4) is 0 Å². The second-order valence-electron chi connectivity index (χ2n) is 5.60. The molecule has 0 heterocycles. The van der Waals surface area contributed by atoms with E-state index in [2.05, 4.69) is 0 Å². The van der Waals surface area contributed by atoms with Crippen molar-refractivity contribution in [1.29, 1.82) is 0 Å². The van der Waals surface area contributed by atoms with Crippen LogP contribution in [0.25, 0.3) is 0 Å². The molecule has 0 bridgehead atoms.